The van der Waals surface area contributed by atoms with Crippen LogP contribution < -0.4 is 0 Å². The molecule has 0 N–H and O–H groups in total. The van der Waals surface area contributed by atoms with Crippen LogP contribution in [0.1, 0.15) is 32.1 Å². The quantitative estimate of drug-likeness (QED) is 0.606. The predicted octanol–water partition coefficient (Wildman–Crippen LogP) is 1.73. The Balaban J connectivity index is 1.71. The van der Waals surface area contributed by atoms with Gasteiger partial charge in [-0.1, -0.05) is 0 Å². The lowest BCUT2D eigenvalue weighted by molar-refractivity contribution is -0.0161. The Morgan fingerprint density at radius 3 is 2.73 bits per heavy atom. The van der Waals surface area contributed by atoms with Crippen molar-refractivity contribution in [1.29, 1.82) is 0 Å². The summed E-state index contributed by atoms with van der Waals surface area (Å²) in [5, 5.41) is 0. The summed E-state index contributed by atoms with van der Waals surface area (Å²) >= 11 is 0. The van der Waals surface area contributed by atoms with Crippen LogP contribution in [0, 0.1) is 0 Å². The van der Waals surface area contributed by atoms with Gasteiger partial charge in [0.15, 0.2) is 0 Å². The van der Waals surface area contributed by atoms with E-state index in [1.807, 2.05) is 0 Å². The third-order valence-corrected chi connectivity index (χ3v) is 2.28. The lowest BCUT2D eigenvalue weighted by Gasteiger charge is -2.13. The summed E-state index contributed by atoms with van der Waals surface area (Å²) in [5.41, 5.74) is 0. The molecule has 0 spiro atoms. The Morgan fingerprint density at radius 1 is 1.00 bits per heavy atom. The monoisotopic (exact) mass is 156 g/mol. The summed E-state index contributed by atoms with van der Waals surface area (Å²) < 4.78 is 11.2. The van der Waals surface area contributed by atoms with Crippen LogP contribution in [0.15, 0.2) is 0 Å². The largest absolute Gasteiger partial charge is 0.379 e. The van der Waals surface area contributed by atoms with E-state index in [0.29, 0.717) is 12.2 Å². The van der Waals surface area contributed by atoms with Gasteiger partial charge in [-0.25, -0.2) is 0 Å². The van der Waals surface area contributed by atoms with E-state index >= 15 is 0 Å². The van der Waals surface area contributed by atoms with Crippen LogP contribution >= 0.6 is 0 Å². The van der Waals surface area contributed by atoms with E-state index in [-0.39, 0.29) is 0 Å². The Hall–Kier alpha value is -0.0800. The zero-order valence-corrected chi connectivity index (χ0v) is 6.92. The molecule has 1 saturated carbocycles. The molecule has 1 atom stereocenters. The smallest absolute Gasteiger partial charge is 0.0812 e. The zero-order chi connectivity index (χ0) is 7.52. The summed E-state index contributed by atoms with van der Waals surface area (Å²) in [6.07, 6.45) is 7.23. The van der Waals surface area contributed by atoms with Gasteiger partial charge in [-0.05, 0) is 32.1 Å². The first-order chi connectivity index (χ1) is 5.45. The molecule has 0 aromatic carbocycles. The molecular weight excluding hydrogens is 140 g/mol. The third-order valence-electron chi connectivity index (χ3n) is 2.28. The molecule has 0 bridgehead atoms. The molecule has 64 valence electrons. The van der Waals surface area contributed by atoms with Crippen LogP contribution in [-0.2, 0) is 9.47 Å². The molecule has 11 heavy (non-hydrogen) atoms. The van der Waals surface area contributed by atoms with Crippen molar-refractivity contribution >= 4 is 0 Å². The van der Waals surface area contributed by atoms with E-state index in [1.54, 1.807) is 0 Å². The summed E-state index contributed by atoms with van der Waals surface area (Å²) in [4.78, 5) is 0. The van der Waals surface area contributed by atoms with Gasteiger partial charge in [0.1, 0.15) is 0 Å². The van der Waals surface area contributed by atoms with Crippen LogP contribution in [0.2, 0.25) is 0 Å². The van der Waals surface area contributed by atoms with E-state index in [9.17, 15) is 0 Å². The van der Waals surface area contributed by atoms with Gasteiger partial charge >= 0.3 is 0 Å². The van der Waals surface area contributed by atoms with Gasteiger partial charge in [0.05, 0.1) is 18.8 Å². The average molecular weight is 156 g/mol. The van der Waals surface area contributed by atoms with Crippen molar-refractivity contribution in [3.63, 3.8) is 0 Å². The van der Waals surface area contributed by atoms with Crippen molar-refractivity contribution in [2.75, 3.05) is 13.2 Å². The van der Waals surface area contributed by atoms with Crippen LogP contribution in [0.3, 0.4) is 0 Å². The molecule has 0 amide bonds. The van der Waals surface area contributed by atoms with Gasteiger partial charge < -0.3 is 9.47 Å². The fourth-order valence-corrected chi connectivity index (χ4v) is 1.46. The van der Waals surface area contributed by atoms with Crippen molar-refractivity contribution in [2.24, 2.45) is 0 Å². The van der Waals surface area contributed by atoms with Crippen molar-refractivity contribution in [3.05, 3.63) is 0 Å². The molecule has 1 heterocycles. The molecule has 0 aromatic heterocycles. The summed E-state index contributed by atoms with van der Waals surface area (Å²) in [7, 11) is 0. The highest BCUT2D eigenvalue weighted by atomic mass is 16.5. The maximum atomic E-state index is 5.76. The maximum absolute atomic E-state index is 5.76. The van der Waals surface area contributed by atoms with E-state index in [0.717, 1.165) is 13.2 Å². The molecule has 0 radical (unpaired) electrons. The zero-order valence-electron chi connectivity index (χ0n) is 6.92. The Labute approximate surface area is 67.9 Å². The molecule has 2 nitrogen and oxygen atoms in total. The van der Waals surface area contributed by atoms with Gasteiger partial charge in [-0.15, -0.1) is 0 Å². The molecule has 2 fully saturated rings. The number of hydrogen-bond acceptors (Lipinski definition) is 2. The van der Waals surface area contributed by atoms with Crippen LogP contribution in [0.4, 0.5) is 0 Å². The first-order valence-electron chi connectivity index (χ1n) is 4.68. The number of hydrogen-bond donors (Lipinski definition) is 0. The number of ether oxygens (including phenoxy) is 2. The van der Waals surface area contributed by atoms with Crippen LogP contribution in [-0.4, -0.2) is 25.4 Å². The lowest BCUT2D eigenvalue weighted by atomic mass is 10.2. The Morgan fingerprint density at radius 2 is 1.91 bits per heavy atom. The second-order valence-electron chi connectivity index (χ2n) is 3.53. The van der Waals surface area contributed by atoms with Gasteiger partial charge in [0.25, 0.3) is 0 Å². The standard InChI is InChI=1S/C9H16O2/c1-2-6-10-7-9(3-1)11-8-4-5-8/h8-9H,1-7H2. The molecule has 2 heteroatoms. The predicted molar refractivity (Wildman–Crippen MR) is 42.6 cm³/mol. The molecule has 2 rings (SSSR count). The van der Waals surface area contributed by atoms with E-state index < -0.39 is 0 Å². The summed E-state index contributed by atoms with van der Waals surface area (Å²) in [5.74, 6) is 0. The van der Waals surface area contributed by atoms with Gasteiger partial charge in [-0.3, -0.25) is 0 Å². The Bertz CT molecular complexity index is 113. The van der Waals surface area contributed by atoms with Gasteiger partial charge in [-0.2, -0.15) is 0 Å². The minimum absolute atomic E-state index is 0.407. The maximum Gasteiger partial charge on any atom is 0.0812 e. The topological polar surface area (TPSA) is 18.5 Å². The van der Waals surface area contributed by atoms with Crippen molar-refractivity contribution < 1.29 is 9.47 Å². The number of rotatable bonds is 2. The normalized spacial score (nSPS) is 33.3. The highest BCUT2D eigenvalue weighted by Crippen LogP contribution is 2.27. The minimum Gasteiger partial charge on any atom is -0.379 e. The molecule has 1 unspecified atom stereocenters. The molecule has 0 aromatic rings. The minimum atomic E-state index is 0.407. The van der Waals surface area contributed by atoms with Crippen molar-refractivity contribution in [3.8, 4) is 0 Å². The van der Waals surface area contributed by atoms with Crippen LogP contribution in [0.5, 0.6) is 0 Å². The molecule has 1 saturated heterocycles. The first kappa shape index (κ1) is 7.56. The van der Waals surface area contributed by atoms with Crippen LogP contribution in [0.25, 0.3) is 0 Å². The van der Waals surface area contributed by atoms with Crippen molar-refractivity contribution in [2.45, 2.75) is 44.3 Å². The highest BCUT2D eigenvalue weighted by molar-refractivity contribution is 4.76. The lowest BCUT2D eigenvalue weighted by Crippen LogP contribution is -2.18. The molecule has 2 aliphatic rings. The summed E-state index contributed by atoms with van der Waals surface area (Å²) in [6.45, 7) is 1.76. The van der Waals surface area contributed by atoms with E-state index in [4.69, 9.17) is 9.47 Å². The highest BCUT2D eigenvalue weighted by Gasteiger charge is 2.26. The molecule has 1 aliphatic heterocycles. The van der Waals surface area contributed by atoms with Gasteiger partial charge in [0.2, 0.25) is 0 Å². The fraction of sp³-hybridized carbons (Fsp3) is 1.00. The molecular formula is C9H16O2. The van der Waals surface area contributed by atoms with E-state index in [1.165, 1.54) is 32.1 Å². The van der Waals surface area contributed by atoms with Gasteiger partial charge in [0, 0.05) is 6.61 Å². The second-order valence-corrected chi connectivity index (χ2v) is 3.53. The molecule has 1 aliphatic carbocycles. The first-order valence-corrected chi connectivity index (χ1v) is 4.68. The van der Waals surface area contributed by atoms with Crippen molar-refractivity contribution in [1.82, 2.24) is 0 Å². The fourth-order valence-electron chi connectivity index (χ4n) is 1.46. The van der Waals surface area contributed by atoms with E-state index in [2.05, 4.69) is 0 Å². The third kappa shape index (κ3) is 2.46. The second kappa shape index (κ2) is 3.55. The SMILES string of the molecule is C1CCC(OC2CC2)COC1. The Kier molecular flexibility index (Phi) is 2.44. The average Bonchev–Trinajstić information content (AvgIpc) is 2.77. The summed E-state index contributed by atoms with van der Waals surface area (Å²) in [6, 6.07) is 0.